The second kappa shape index (κ2) is 7.78. The number of benzene rings is 2. The quantitative estimate of drug-likeness (QED) is 0.489. The molecule has 9 heteroatoms. The highest BCUT2D eigenvalue weighted by atomic mass is 19.4. The molecule has 0 saturated heterocycles. The van der Waals surface area contributed by atoms with E-state index < -0.39 is 28.8 Å². The fourth-order valence-electron chi connectivity index (χ4n) is 2.68. The molecule has 0 radical (unpaired) electrons. The van der Waals surface area contributed by atoms with E-state index in [4.69, 9.17) is 9.47 Å². The number of hydrogen-bond acceptors (Lipinski definition) is 5. The first-order valence-corrected chi connectivity index (χ1v) is 8.35. The van der Waals surface area contributed by atoms with Crippen molar-refractivity contribution in [3.63, 3.8) is 0 Å². The number of carbonyl (C=O) groups is 1. The summed E-state index contributed by atoms with van der Waals surface area (Å²) in [4.78, 5) is 24.8. The summed E-state index contributed by atoms with van der Waals surface area (Å²) in [6, 6.07) is 12.0. The van der Waals surface area contributed by atoms with E-state index in [1.165, 1.54) is 38.3 Å². The molecule has 0 spiro atoms. The van der Waals surface area contributed by atoms with E-state index in [1.54, 1.807) is 18.2 Å². The molecule has 0 unspecified atom stereocenters. The highest BCUT2D eigenvalue weighted by Crippen LogP contribution is 2.33. The third-order valence-corrected chi connectivity index (χ3v) is 4.01. The summed E-state index contributed by atoms with van der Waals surface area (Å²) in [5, 5.41) is 3.86. The minimum Gasteiger partial charge on any atom is -0.493 e. The molecule has 0 N–H and O–H groups in total. The molecule has 0 aliphatic rings. The molecular weight excluding hydrogens is 389 g/mol. The van der Waals surface area contributed by atoms with E-state index in [0.29, 0.717) is 0 Å². The van der Waals surface area contributed by atoms with Gasteiger partial charge in [-0.25, -0.2) is 9.48 Å². The fourth-order valence-corrected chi connectivity index (χ4v) is 2.68. The molecule has 6 nitrogen and oxygen atoms in total. The number of halogens is 3. The Kier molecular flexibility index (Phi) is 5.40. The Labute approximate surface area is 163 Å². The number of aryl methyl sites for hydroxylation is 1. The minimum atomic E-state index is -4.65. The van der Waals surface area contributed by atoms with Gasteiger partial charge in [0.2, 0.25) is 11.1 Å². The van der Waals surface area contributed by atoms with E-state index in [2.05, 4.69) is 5.10 Å². The second-order valence-electron chi connectivity index (χ2n) is 5.97. The summed E-state index contributed by atoms with van der Waals surface area (Å²) >= 11 is 0. The summed E-state index contributed by atoms with van der Waals surface area (Å²) in [6.07, 6.45) is -4.65. The van der Waals surface area contributed by atoms with Gasteiger partial charge in [-0.05, 0) is 31.2 Å². The Morgan fingerprint density at radius 3 is 2.31 bits per heavy atom. The van der Waals surface area contributed by atoms with Crippen molar-refractivity contribution in [3.8, 4) is 17.2 Å². The lowest BCUT2D eigenvalue weighted by Crippen LogP contribution is -2.26. The maximum absolute atomic E-state index is 13.4. The summed E-state index contributed by atoms with van der Waals surface area (Å²) in [6.45, 7) is 1.41. The van der Waals surface area contributed by atoms with Crippen molar-refractivity contribution in [2.45, 2.75) is 13.1 Å². The van der Waals surface area contributed by atoms with Crippen LogP contribution in [-0.2, 0) is 6.18 Å². The van der Waals surface area contributed by atoms with Crippen molar-refractivity contribution in [1.29, 1.82) is 0 Å². The smallest absolute Gasteiger partial charge is 0.418 e. The van der Waals surface area contributed by atoms with Crippen molar-refractivity contribution in [2.75, 3.05) is 7.11 Å². The SMILES string of the molecule is COc1ccccc1OC(=O)c1nn(-c2ccccc2C(F)(F)F)c(C)cc1=O. The molecule has 3 rings (SSSR count). The normalized spacial score (nSPS) is 11.2. The molecule has 1 heterocycles. The Bertz CT molecular complexity index is 1120. The second-order valence-corrected chi connectivity index (χ2v) is 5.97. The van der Waals surface area contributed by atoms with E-state index in [1.807, 2.05) is 0 Å². The minimum absolute atomic E-state index is 0.0454. The van der Waals surface area contributed by atoms with Gasteiger partial charge in [-0.15, -0.1) is 0 Å². The lowest BCUT2D eigenvalue weighted by atomic mass is 10.1. The zero-order valence-corrected chi connectivity index (χ0v) is 15.4. The zero-order valence-electron chi connectivity index (χ0n) is 15.4. The van der Waals surface area contributed by atoms with Crippen LogP contribution >= 0.6 is 0 Å². The molecule has 1 aromatic heterocycles. The molecule has 0 amide bonds. The Balaban J connectivity index is 2.08. The highest BCUT2D eigenvalue weighted by molar-refractivity contribution is 5.89. The maximum Gasteiger partial charge on any atom is 0.418 e. The number of rotatable bonds is 4. The lowest BCUT2D eigenvalue weighted by Gasteiger charge is -2.16. The number of para-hydroxylation sites is 3. The maximum atomic E-state index is 13.4. The third-order valence-electron chi connectivity index (χ3n) is 4.01. The average molecular weight is 404 g/mol. The average Bonchev–Trinajstić information content (AvgIpc) is 2.67. The number of hydrogen-bond donors (Lipinski definition) is 0. The molecule has 3 aromatic rings. The van der Waals surface area contributed by atoms with Crippen LogP contribution in [0.4, 0.5) is 13.2 Å². The Morgan fingerprint density at radius 1 is 1.03 bits per heavy atom. The van der Waals surface area contributed by atoms with Gasteiger partial charge >= 0.3 is 12.1 Å². The number of carbonyl (C=O) groups excluding carboxylic acids is 1. The van der Waals surface area contributed by atoms with Gasteiger partial charge in [0, 0.05) is 11.8 Å². The van der Waals surface area contributed by atoms with Crippen molar-refractivity contribution in [1.82, 2.24) is 9.78 Å². The number of esters is 1. The molecule has 0 aliphatic heterocycles. The monoisotopic (exact) mass is 404 g/mol. The van der Waals surface area contributed by atoms with Crippen LogP contribution < -0.4 is 14.9 Å². The van der Waals surface area contributed by atoms with Gasteiger partial charge in [0.15, 0.2) is 11.5 Å². The van der Waals surface area contributed by atoms with Gasteiger partial charge in [-0.3, -0.25) is 4.79 Å². The summed E-state index contributed by atoms with van der Waals surface area (Å²) in [5.74, 6) is -0.822. The summed E-state index contributed by atoms with van der Waals surface area (Å²) < 4.78 is 51.2. The fraction of sp³-hybridized carbons (Fsp3) is 0.150. The molecule has 150 valence electrons. The van der Waals surface area contributed by atoms with Crippen molar-refractivity contribution < 1.29 is 27.4 Å². The largest absolute Gasteiger partial charge is 0.493 e. The van der Waals surface area contributed by atoms with E-state index >= 15 is 0 Å². The van der Waals surface area contributed by atoms with Gasteiger partial charge in [-0.1, -0.05) is 24.3 Å². The molecule has 0 saturated carbocycles. The molecule has 29 heavy (non-hydrogen) atoms. The number of nitrogens with zero attached hydrogens (tertiary/aromatic N) is 2. The van der Waals surface area contributed by atoms with Crippen LogP contribution in [-0.4, -0.2) is 22.9 Å². The van der Waals surface area contributed by atoms with Crippen LogP contribution in [0.15, 0.2) is 59.4 Å². The summed E-state index contributed by atoms with van der Waals surface area (Å²) in [5.41, 5.74) is -2.57. The van der Waals surface area contributed by atoms with Gasteiger partial charge in [-0.2, -0.15) is 18.3 Å². The number of alkyl halides is 3. The number of ether oxygens (including phenoxy) is 2. The van der Waals surface area contributed by atoms with Gasteiger partial charge in [0.25, 0.3) is 0 Å². The first-order chi connectivity index (χ1) is 13.7. The van der Waals surface area contributed by atoms with E-state index in [9.17, 15) is 22.8 Å². The molecule has 0 fully saturated rings. The van der Waals surface area contributed by atoms with Gasteiger partial charge in [0.1, 0.15) is 0 Å². The number of aromatic nitrogens is 2. The topological polar surface area (TPSA) is 70.4 Å². The molecule has 2 aromatic carbocycles. The van der Waals surface area contributed by atoms with Crippen LogP contribution in [0.25, 0.3) is 5.69 Å². The van der Waals surface area contributed by atoms with E-state index in [-0.39, 0.29) is 22.9 Å². The van der Waals surface area contributed by atoms with Crippen molar-refractivity contribution in [3.05, 3.63) is 81.8 Å². The predicted molar refractivity (Wildman–Crippen MR) is 97.5 cm³/mol. The van der Waals surface area contributed by atoms with Crippen LogP contribution in [0.1, 0.15) is 21.7 Å². The van der Waals surface area contributed by atoms with Crippen molar-refractivity contribution >= 4 is 5.97 Å². The summed E-state index contributed by atoms with van der Waals surface area (Å²) in [7, 11) is 1.37. The van der Waals surface area contributed by atoms with E-state index in [0.717, 1.165) is 16.8 Å². The zero-order chi connectivity index (χ0) is 21.2. The Morgan fingerprint density at radius 2 is 1.66 bits per heavy atom. The highest BCUT2D eigenvalue weighted by Gasteiger charge is 2.34. The van der Waals surface area contributed by atoms with Crippen LogP contribution in [0, 0.1) is 6.92 Å². The molecule has 0 bridgehead atoms. The Hall–Kier alpha value is -3.62. The van der Waals surface area contributed by atoms with Gasteiger partial charge < -0.3 is 9.47 Å². The standard InChI is InChI=1S/C20H15F3N2O4/c1-12-11-15(26)18(19(27)29-17-10-6-5-9-16(17)28-2)24-25(12)14-8-4-3-7-13(14)20(21,22)23/h3-11H,1-2H3. The predicted octanol–water partition coefficient (Wildman–Crippen LogP) is 3.79. The van der Waals surface area contributed by atoms with Crippen LogP contribution in [0.5, 0.6) is 11.5 Å². The van der Waals surface area contributed by atoms with Crippen LogP contribution in [0.3, 0.4) is 0 Å². The lowest BCUT2D eigenvalue weighted by molar-refractivity contribution is -0.137. The molecule has 0 aliphatic carbocycles. The third kappa shape index (κ3) is 4.13. The van der Waals surface area contributed by atoms with Crippen molar-refractivity contribution in [2.24, 2.45) is 0 Å². The van der Waals surface area contributed by atoms with Gasteiger partial charge in [0.05, 0.1) is 18.4 Å². The molecular formula is C20H15F3N2O4. The molecule has 0 atom stereocenters. The first-order valence-electron chi connectivity index (χ1n) is 8.35. The number of methoxy groups -OCH3 is 1. The van der Waals surface area contributed by atoms with Crippen LogP contribution in [0.2, 0.25) is 0 Å². The first kappa shape index (κ1) is 20.1.